The second-order valence-corrected chi connectivity index (χ2v) is 5.08. The fourth-order valence-electron chi connectivity index (χ4n) is 1.85. The fraction of sp³-hybridized carbons (Fsp3) is 0.636. The molecule has 1 aromatic rings. The minimum absolute atomic E-state index is 0.308. The van der Waals surface area contributed by atoms with E-state index in [0.29, 0.717) is 12.1 Å². The number of hydrogen-bond donors (Lipinski definition) is 1. The van der Waals surface area contributed by atoms with E-state index in [2.05, 4.69) is 22.2 Å². The minimum Gasteiger partial charge on any atom is -0.305 e. The van der Waals surface area contributed by atoms with Gasteiger partial charge in [-0.3, -0.25) is 9.97 Å². The Kier molecular flexibility index (Phi) is 3.97. The molecule has 1 N–H and O–H groups in total. The molecule has 15 heavy (non-hydrogen) atoms. The van der Waals surface area contributed by atoms with Gasteiger partial charge in [-0.05, 0) is 25.5 Å². The van der Waals surface area contributed by atoms with Gasteiger partial charge in [0.1, 0.15) is 0 Å². The number of aromatic nitrogens is 2. The van der Waals surface area contributed by atoms with Crippen molar-refractivity contribution in [2.45, 2.75) is 31.8 Å². The highest BCUT2D eigenvalue weighted by atomic mass is 32.2. The van der Waals surface area contributed by atoms with E-state index in [9.17, 15) is 0 Å². The monoisotopic (exact) mass is 223 g/mol. The normalized spacial score (nSPS) is 23.7. The van der Waals surface area contributed by atoms with E-state index in [1.807, 2.05) is 18.0 Å². The van der Waals surface area contributed by atoms with Crippen LogP contribution in [-0.2, 0) is 0 Å². The third-order valence-corrected chi connectivity index (χ3v) is 3.89. The summed E-state index contributed by atoms with van der Waals surface area (Å²) in [4.78, 5) is 8.40. The molecule has 1 aliphatic rings. The quantitative estimate of drug-likeness (QED) is 0.851. The minimum atomic E-state index is 0.308. The van der Waals surface area contributed by atoms with Crippen molar-refractivity contribution in [3.63, 3.8) is 0 Å². The van der Waals surface area contributed by atoms with E-state index in [4.69, 9.17) is 0 Å². The molecule has 82 valence electrons. The van der Waals surface area contributed by atoms with Gasteiger partial charge in [-0.15, -0.1) is 0 Å². The molecule has 0 aromatic carbocycles. The molecule has 1 aromatic heterocycles. The molecule has 2 heterocycles. The van der Waals surface area contributed by atoms with Crippen LogP contribution in [0.25, 0.3) is 0 Å². The summed E-state index contributed by atoms with van der Waals surface area (Å²) in [5.41, 5.74) is 1.04. The largest absolute Gasteiger partial charge is 0.305 e. The van der Waals surface area contributed by atoms with E-state index >= 15 is 0 Å². The van der Waals surface area contributed by atoms with Crippen molar-refractivity contribution in [1.29, 1.82) is 0 Å². The predicted octanol–water partition coefficient (Wildman–Crippen LogP) is 2.02. The Hall–Kier alpha value is -0.610. The summed E-state index contributed by atoms with van der Waals surface area (Å²) in [5.74, 6) is 2.54. The van der Waals surface area contributed by atoms with Crippen LogP contribution in [0, 0.1) is 0 Å². The van der Waals surface area contributed by atoms with Gasteiger partial charge in [0.05, 0.1) is 5.69 Å². The first kappa shape index (κ1) is 10.9. The smallest absolute Gasteiger partial charge is 0.0753 e. The third-order valence-electron chi connectivity index (χ3n) is 2.67. The molecule has 2 atom stereocenters. The van der Waals surface area contributed by atoms with Gasteiger partial charge in [-0.1, -0.05) is 0 Å². The third kappa shape index (κ3) is 3.18. The molecule has 3 nitrogen and oxygen atoms in total. The van der Waals surface area contributed by atoms with E-state index in [1.54, 1.807) is 12.4 Å². The SMILES string of the molecule is CC(NC1CCCSC1)c1cnccn1. The standard InChI is InChI=1S/C11H17N3S/c1-9(11-7-12-4-5-13-11)14-10-3-2-6-15-8-10/h4-5,7,9-10,14H,2-3,6,8H2,1H3. The zero-order chi connectivity index (χ0) is 10.5. The lowest BCUT2D eigenvalue weighted by atomic mass is 10.1. The van der Waals surface area contributed by atoms with Gasteiger partial charge in [-0.25, -0.2) is 0 Å². The summed E-state index contributed by atoms with van der Waals surface area (Å²) in [5, 5.41) is 3.61. The van der Waals surface area contributed by atoms with Gasteiger partial charge < -0.3 is 5.32 Å². The summed E-state index contributed by atoms with van der Waals surface area (Å²) in [6, 6.07) is 0.947. The zero-order valence-corrected chi connectivity index (χ0v) is 9.83. The topological polar surface area (TPSA) is 37.8 Å². The van der Waals surface area contributed by atoms with Crippen LogP contribution in [0.5, 0.6) is 0 Å². The first-order chi connectivity index (χ1) is 7.36. The Balaban J connectivity index is 1.88. The summed E-state index contributed by atoms with van der Waals surface area (Å²) in [6.07, 6.45) is 7.93. The van der Waals surface area contributed by atoms with Crippen molar-refractivity contribution in [2.75, 3.05) is 11.5 Å². The summed E-state index contributed by atoms with van der Waals surface area (Å²) < 4.78 is 0. The molecule has 1 saturated heterocycles. The molecule has 1 aliphatic heterocycles. The lowest BCUT2D eigenvalue weighted by molar-refractivity contribution is 0.446. The van der Waals surface area contributed by atoms with Crippen LogP contribution in [0.15, 0.2) is 18.6 Å². The van der Waals surface area contributed by atoms with Crippen molar-refractivity contribution >= 4 is 11.8 Å². The Morgan fingerprint density at radius 2 is 2.47 bits per heavy atom. The lowest BCUT2D eigenvalue weighted by Gasteiger charge is -2.25. The Morgan fingerprint density at radius 1 is 1.53 bits per heavy atom. The van der Waals surface area contributed by atoms with E-state index < -0.39 is 0 Å². The Morgan fingerprint density at radius 3 is 3.13 bits per heavy atom. The van der Waals surface area contributed by atoms with Gasteiger partial charge in [0.15, 0.2) is 0 Å². The van der Waals surface area contributed by atoms with Gasteiger partial charge in [0.25, 0.3) is 0 Å². The van der Waals surface area contributed by atoms with Crippen LogP contribution in [0.3, 0.4) is 0 Å². The zero-order valence-electron chi connectivity index (χ0n) is 9.02. The lowest BCUT2D eigenvalue weighted by Crippen LogP contribution is -2.35. The number of thioether (sulfide) groups is 1. The van der Waals surface area contributed by atoms with Crippen molar-refractivity contribution in [1.82, 2.24) is 15.3 Å². The van der Waals surface area contributed by atoms with Gasteiger partial charge >= 0.3 is 0 Å². The molecule has 0 saturated carbocycles. The van der Waals surface area contributed by atoms with Crippen LogP contribution in [0.1, 0.15) is 31.5 Å². The average Bonchev–Trinajstić information content (AvgIpc) is 2.31. The number of rotatable bonds is 3. The van der Waals surface area contributed by atoms with Crippen LogP contribution in [0.2, 0.25) is 0 Å². The van der Waals surface area contributed by atoms with E-state index in [0.717, 1.165) is 5.69 Å². The first-order valence-electron chi connectivity index (χ1n) is 5.46. The number of nitrogens with one attached hydrogen (secondary N) is 1. The molecule has 0 amide bonds. The Labute approximate surface area is 95.1 Å². The average molecular weight is 223 g/mol. The molecule has 0 spiro atoms. The van der Waals surface area contributed by atoms with E-state index in [1.165, 1.54) is 24.3 Å². The molecule has 0 bridgehead atoms. The van der Waals surface area contributed by atoms with Gasteiger partial charge in [-0.2, -0.15) is 11.8 Å². The number of nitrogens with zero attached hydrogens (tertiary/aromatic N) is 2. The highest BCUT2D eigenvalue weighted by Crippen LogP contribution is 2.19. The fourth-order valence-corrected chi connectivity index (χ4v) is 2.93. The van der Waals surface area contributed by atoms with Crippen molar-refractivity contribution in [3.05, 3.63) is 24.3 Å². The molecule has 2 rings (SSSR count). The second-order valence-electron chi connectivity index (χ2n) is 3.93. The maximum Gasteiger partial charge on any atom is 0.0753 e. The highest BCUT2D eigenvalue weighted by molar-refractivity contribution is 7.99. The van der Waals surface area contributed by atoms with Crippen molar-refractivity contribution in [3.8, 4) is 0 Å². The summed E-state index contributed by atoms with van der Waals surface area (Å²) in [7, 11) is 0. The summed E-state index contributed by atoms with van der Waals surface area (Å²) >= 11 is 2.04. The predicted molar refractivity (Wildman–Crippen MR) is 63.9 cm³/mol. The molecule has 0 radical (unpaired) electrons. The molecule has 0 aliphatic carbocycles. The van der Waals surface area contributed by atoms with Crippen LogP contribution in [0.4, 0.5) is 0 Å². The number of hydrogen-bond acceptors (Lipinski definition) is 4. The molecule has 4 heteroatoms. The van der Waals surface area contributed by atoms with Crippen LogP contribution in [-0.4, -0.2) is 27.5 Å². The van der Waals surface area contributed by atoms with Gasteiger partial charge in [0.2, 0.25) is 0 Å². The van der Waals surface area contributed by atoms with Crippen LogP contribution >= 0.6 is 11.8 Å². The Bertz CT molecular complexity index is 285. The van der Waals surface area contributed by atoms with Crippen LogP contribution < -0.4 is 5.32 Å². The maximum absolute atomic E-state index is 4.31. The highest BCUT2D eigenvalue weighted by Gasteiger charge is 2.16. The molecular formula is C11H17N3S. The summed E-state index contributed by atoms with van der Waals surface area (Å²) in [6.45, 7) is 2.16. The molecule has 2 unspecified atom stereocenters. The molecular weight excluding hydrogens is 206 g/mol. The molecule has 1 fully saturated rings. The van der Waals surface area contributed by atoms with Crippen molar-refractivity contribution < 1.29 is 0 Å². The van der Waals surface area contributed by atoms with Gasteiger partial charge in [0, 0.05) is 36.4 Å². The second kappa shape index (κ2) is 5.47. The maximum atomic E-state index is 4.31. The van der Waals surface area contributed by atoms with Crippen molar-refractivity contribution in [2.24, 2.45) is 0 Å². The van der Waals surface area contributed by atoms with E-state index in [-0.39, 0.29) is 0 Å². The first-order valence-corrected chi connectivity index (χ1v) is 6.61.